The largest absolute Gasteiger partial charge is 0.484 e. The van der Waals surface area contributed by atoms with Gasteiger partial charge in [-0.05, 0) is 53.9 Å². The highest BCUT2D eigenvalue weighted by molar-refractivity contribution is 7.92. The highest BCUT2D eigenvalue weighted by Crippen LogP contribution is 2.25. The van der Waals surface area contributed by atoms with Crippen LogP contribution in [0, 0.1) is 0 Å². The minimum atomic E-state index is -3.72. The molecule has 0 N–H and O–H groups in total. The second-order valence-electron chi connectivity index (χ2n) is 9.33. The molecule has 0 bridgehead atoms. The smallest absolute Gasteiger partial charge is 0.264 e. The normalized spacial score (nSPS) is 14.6. The summed E-state index contributed by atoms with van der Waals surface area (Å²) in [5, 5.41) is 0. The number of benzene rings is 3. The number of methoxy groups -OCH3 is 1. The number of anilines is 1. The van der Waals surface area contributed by atoms with Gasteiger partial charge in [-0.25, -0.2) is 8.42 Å². The van der Waals surface area contributed by atoms with Crippen molar-refractivity contribution in [1.82, 2.24) is 9.80 Å². The van der Waals surface area contributed by atoms with Crippen molar-refractivity contribution in [2.75, 3.05) is 51.2 Å². The standard InChI is InChI=1S/C29H35N3O5S/c1-30(38(34,35)28-15-9-25(10-16-28)22-36-2)26-11-13-27(14-12-26)37-23-29(33)32-18-6-17-31(19-20-32)21-24-7-4-3-5-8-24/h3-5,7-16H,6,17-23H2,1-2H3. The molecule has 1 aliphatic rings. The monoisotopic (exact) mass is 537 g/mol. The molecular weight excluding hydrogens is 502 g/mol. The molecule has 0 aromatic heterocycles. The molecule has 3 aromatic rings. The number of hydrogen-bond acceptors (Lipinski definition) is 6. The molecule has 0 atom stereocenters. The van der Waals surface area contributed by atoms with E-state index in [0.29, 0.717) is 31.1 Å². The van der Waals surface area contributed by atoms with Gasteiger partial charge in [-0.1, -0.05) is 42.5 Å². The van der Waals surface area contributed by atoms with Crippen LogP contribution < -0.4 is 9.04 Å². The molecule has 4 rings (SSSR count). The Morgan fingerprint density at radius 1 is 0.868 bits per heavy atom. The number of amides is 1. The summed E-state index contributed by atoms with van der Waals surface area (Å²) in [5.74, 6) is 0.463. The van der Waals surface area contributed by atoms with E-state index in [1.54, 1.807) is 55.6 Å². The maximum Gasteiger partial charge on any atom is 0.264 e. The summed E-state index contributed by atoms with van der Waals surface area (Å²) in [6.45, 7) is 4.41. The number of carbonyl (C=O) groups excluding carboxylic acids is 1. The van der Waals surface area contributed by atoms with Crippen molar-refractivity contribution < 1.29 is 22.7 Å². The Morgan fingerprint density at radius 2 is 1.58 bits per heavy atom. The minimum absolute atomic E-state index is 0.0488. The Kier molecular flexibility index (Phi) is 9.38. The molecule has 1 fully saturated rings. The van der Waals surface area contributed by atoms with Crippen molar-refractivity contribution in [2.24, 2.45) is 0 Å². The molecule has 202 valence electrons. The summed E-state index contributed by atoms with van der Waals surface area (Å²) in [5.41, 5.74) is 2.67. The molecule has 1 saturated heterocycles. The van der Waals surface area contributed by atoms with Gasteiger partial charge in [0.1, 0.15) is 5.75 Å². The van der Waals surface area contributed by atoms with E-state index in [1.807, 2.05) is 23.1 Å². The first-order valence-corrected chi connectivity index (χ1v) is 14.1. The van der Waals surface area contributed by atoms with Crippen LogP contribution in [0.1, 0.15) is 17.5 Å². The topological polar surface area (TPSA) is 79.4 Å². The number of sulfonamides is 1. The van der Waals surface area contributed by atoms with Gasteiger partial charge < -0.3 is 14.4 Å². The molecule has 0 radical (unpaired) electrons. The molecule has 0 saturated carbocycles. The van der Waals surface area contributed by atoms with E-state index in [-0.39, 0.29) is 17.4 Å². The maximum atomic E-state index is 13.0. The van der Waals surface area contributed by atoms with E-state index in [1.165, 1.54) is 16.9 Å². The zero-order valence-electron chi connectivity index (χ0n) is 22.0. The van der Waals surface area contributed by atoms with Crippen molar-refractivity contribution in [3.63, 3.8) is 0 Å². The van der Waals surface area contributed by atoms with Gasteiger partial charge in [-0.15, -0.1) is 0 Å². The minimum Gasteiger partial charge on any atom is -0.484 e. The fraction of sp³-hybridized carbons (Fsp3) is 0.345. The van der Waals surface area contributed by atoms with E-state index in [4.69, 9.17) is 9.47 Å². The zero-order chi connectivity index (χ0) is 27.0. The SMILES string of the molecule is COCc1ccc(S(=O)(=O)N(C)c2ccc(OCC(=O)N3CCCN(Cc4ccccc4)CC3)cc2)cc1. The third kappa shape index (κ3) is 7.12. The van der Waals surface area contributed by atoms with E-state index < -0.39 is 10.0 Å². The van der Waals surface area contributed by atoms with E-state index in [0.717, 1.165) is 31.6 Å². The Bertz CT molecular complexity index is 1280. The van der Waals surface area contributed by atoms with Gasteiger partial charge >= 0.3 is 0 Å². The molecule has 1 amide bonds. The molecule has 9 heteroatoms. The number of nitrogens with zero attached hydrogens (tertiary/aromatic N) is 3. The van der Waals surface area contributed by atoms with Gasteiger partial charge in [0.2, 0.25) is 0 Å². The second kappa shape index (κ2) is 12.9. The lowest BCUT2D eigenvalue weighted by atomic mass is 10.2. The first-order valence-electron chi connectivity index (χ1n) is 12.7. The lowest BCUT2D eigenvalue weighted by Gasteiger charge is -2.22. The average Bonchev–Trinajstić information content (AvgIpc) is 3.18. The summed E-state index contributed by atoms with van der Waals surface area (Å²) in [4.78, 5) is 17.2. The Hall–Kier alpha value is -3.40. The van der Waals surface area contributed by atoms with Crippen LogP contribution in [-0.4, -0.2) is 71.1 Å². The molecule has 0 spiro atoms. The van der Waals surface area contributed by atoms with Gasteiger partial charge in [0.25, 0.3) is 15.9 Å². The first-order chi connectivity index (χ1) is 18.4. The van der Waals surface area contributed by atoms with Gasteiger partial charge in [0, 0.05) is 46.9 Å². The average molecular weight is 538 g/mol. The van der Waals surface area contributed by atoms with Crippen molar-refractivity contribution in [1.29, 1.82) is 0 Å². The van der Waals surface area contributed by atoms with Crippen LogP contribution in [0.4, 0.5) is 5.69 Å². The van der Waals surface area contributed by atoms with Gasteiger partial charge in [0.15, 0.2) is 6.61 Å². The lowest BCUT2D eigenvalue weighted by Crippen LogP contribution is -2.38. The molecule has 38 heavy (non-hydrogen) atoms. The highest BCUT2D eigenvalue weighted by Gasteiger charge is 2.22. The fourth-order valence-electron chi connectivity index (χ4n) is 4.43. The summed E-state index contributed by atoms with van der Waals surface area (Å²) in [6.07, 6.45) is 0.920. The predicted octanol–water partition coefficient (Wildman–Crippen LogP) is 3.77. The second-order valence-corrected chi connectivity index (χ2v) is 11.3. The quantitative estimate of drug-likeness (QED) is 0.392. The summed E-state index contributed by atoms with van der Waals surface area (Å²) in [6, 6.07) is 23.7. The van der Waals surface area contributed by atoms with Crippen LogP contribution >= 0.6 is 0 Å². The lowest BCUT2D eigenvalue weighted by molar-refractivity contribution is -0.133. The van der Waals surface area contributed by atoms with Crippen molar-refractivity contribution in [3.05, 3.63) is 90.0 Å². The molecule has 8 nitrogen and oxygen atoms in total. The van der Waals surface area contributed by atoms with E-state index in [2.05, 4.69) is 17.0 Å². The van der Waals surface area contributed by atoms with E-state index >= 15 is 0 Å². The number of ether oxygens (including phenoxy) is 2. The molecule has 3 aromatic carbocycles. The predicted molar refractivity (Wildman–Crippen MR) is 148 cm³/mol. The summed E-state index contributed by atoms with van der Waals surface area (Å²) >= 11 is 0. The molecule has 1 heterocycles. The Balaban J connectivity index is 1.28. The highest BCUT2D eigenvalue weighted by atomic mass is 32.2. The van der Waals surface area contributed by atoms with Gasteiger partial charge in [-0.2, -0.15) is 0 Å². The Morgan fingerprint density at radius 3 is 2.26 bits per heavy atom. The van der Waals surface area contributed by atoms with Crippen LogP contribution in [0.15, 0.2) is 83.8 Å². The van der Waals surface area contributed by atoms with Gasteiger partial charge in [-0.3, -0.25) is 14.0 Å². The van der Waals surface area contributed by atoms with Crippen molar-refractivity contribution in [2.45, 2.75) is 24.5 Å². The zero-order valence-corrected chi connectivity index (χ0v) is 22.8. The number of carbonyl (C=O) groups is 1. The number of hydrogen-bond donors (Lipinski definition) is 0. The van der Waals surface area contributed by atoms with Crippen LogP contribution in [0.5, 0.6) is 5.75 Å². The van der Waals surface area contributed by atoms with Crippen molar-refractivity contribution >= 4 is 21.6 Å². The van der Waals surface area contributed by atoms with Gasteiger partial charge in [0.05, 0.1) is 17.2 Å². The fourth-order valence-corrected chi connectivity index (χ4v) is 5.63. The van der Waals surface area contributed by atoms with Crippen LogP contribution in [0.25, 0.3) is 0 Å². The summed E-state index contributed by atoms with van der Waals surface area (Å²) < 4.78 is 38.1. The van der Waals surface area contributed by atoms with E-state index in [9.17, 15) is 13.2 Å². The third-order valence-electron chi connectivity index (χ3n) is 6.65. The summed E-state index contributed by atoms with van der Waals surface area (Å²) in [7, 11) is -0.611. The first kappa shape index (κ1) is 27.6. The molecular formula is C29H35N3O5S. The third-order valence-corrected chi connectivity index (χ3v) is 8.45. The van der Waals surface area contributed by atoms with Crippen LogP contribution in [0.2, 0.25) is 0 Å². The van der Waals surface area contributed by atoms with Crippen molar-refractivity contribution in [3.8, 4) is 5.75 Å². The molecule has 0 aliphatic carbocycles. The molecule has 1 aliphatic heterocycles. The number of rotatable bonds is 10. The molecule has 0 unspecified atom stereocenters. The Labute approximate surface area is 225 Å². The van der Waals surface area contributed by atoms with Crippen LogP contribution in [0.3, 0.4) is 0 Å². The maximum absolute atomic E-state index is 13.0. The van der Waals surface area contributed by atoms with Crippen LogP contribution in [-0.2, 0) is 32.7 Å².